The second-order valence-corrected chi connectivity index (χ2v) is 11.6. The number of hydrogen-bond acceptors (Lipinski definition) is 9. The number of aliphatic hydroxyl groups excluding tert-OH is 1. The van der Waals surface area contributed by atoms with E-state index in [0.29, 0.717) is 26.4 Å². The summed E-state index contributed by atoms with van der Waals surface area (Å²) in [5.41, 5.74) is 3.22. The zero-order valence-electron chi connectivity index (χ0n) is 21.6. The lowest BCUT2D eigenvalue weighted by atomic mass is 9.95. The van der Waals surface area contributed by atoms with Gasteiger partial charge in [0.05, 0.1) is 11.6 Å². The third-order valence-corrected chi connectivity index (χ3v) is 8.76. The molecule has 3 aromatic carbocycles. The van der Waals surface area contributed by atoms with Crippen LogP contribution in [0.25, 0.3) is 11.0 Å². The molecule has 0 aliphatic carbocycles. The van der Waals surface area contributed by atoms with Gasteiger partial charge in [-0.2, -0.15) is 0 Å². The number of amides is 1. The zero-order chi connectivity index (χ0) is 27.8. The van der Waals surface area contributed by atoms with Gasteiger partial charge in [-0.3, -0.25) is 14.5 Å². The summed E-state index contributed by atoms with van der Waals surface area (Å²) in [6, 6.07) is 25.4. The van der Waals surface area contributed by atoms with Gasteiger partial charge < -0.3 is 14.4 Å². The number of Topliss-reactive ketones (excluding diaryl/α,β-unsaturated/α-hetero) is 1. The minimum atomic E-state index is -0.913. The molecule has 1 unspecified atom stereocenters. The number of benzene rings is 3. The minimum absolute atomic E-state index is 0.0451. The highest BCUT2D eigenvalue weighted by atomic mass is 32.2. The molecule has 5 aromatic rings. The smallest absolute Gasteiger partial charge is 0.296 e. The van der Waals surface area contributed by atoms with Gasteiger partial charge in [0, 0.05) is 30.9 Å². The molecule has 1 atom stereocenters. The molecular weight excluding hydrogens is 544 g/mol. The highest BCUT2D eigenvalue weighted by Crippen LogP contribution is 2.44. The average Bonchev–Trinajstić information content (AvgIpc) is 3.69. The van der Waals surface area contributed by atoms with Crippen molar-refractivity contribution >= 4 is 56.6 Å². The van der Waals surface area contributed by atoms with Gasteiger partial charge in [-0.05, 0) is 35.4 Å². The number of carbonyl (C=O) groups is 2. The molecule has 0 saturated carbocycles. The van der Waals surface area contributed by atoms with Crippen molar-refractivity contribution in [3.05, 3.63) is 113 Å². The number of anilines is 2. The van der Waals surface area contributed by atoms with Crippen LogP contribution in [0.2, 0.25) is 0 Å². The third kappa shape index (κ3) is 4.76. The fourth-order valence-corrected chi connectivity index (χ4v) is 6.43. The number of nitrogens with zero attached hydrogens (tertiary/aromatic N) is 4. The summed E-state index contributed by atoms with van der Waals surface area (Å²) in [4.78, 5) is 30.7. The Morgan fingerprint density at radius 1 is 1.02 bits per heavy atom. The molecule has 1 aliphatic rings. The van der Waals surface area contributed by atoms with Crippen LogP contribution in [0.1, 0.15) is 27.7 Å². The summed E-state index contributed by atoms with van der Waals surface area (Å²) in [6.07, 6.45) is 0. The molecule has 8 nitrogen and oxygen atoms in total. The number of thioether (sulfide) groups is 1. The van der Waals surface area contributed by atoms with E-state index in [2.05, 4.69) is 10.2 Å². The summed E-state index contributed by atoms with van der Waals surface area (Å²) in [5.74, 6) is -1.16. The molecule has 3 heterocycles. The maximum atomic E-state index is 13.8. The van der Waals surface area contributed by atoms with Crippen LogP contribution in [-0.2, 0) is 10.5 Å². The summed E-state index contributed by atoms with van der Waals surface area (Å²) < 4.78 is 6.49. The summed E-state index contributed by atoms with van der Waals surface area (Å²) >= 11 is 2.75. The molecule has 2 aromatic heterocycles. The maximum absolute atomic E-state index is 13.8. The van der Waals surface area contributed by atoms with E-state index < -0.39 is 23.5 Å². The summed E-state index contributed by atoms with van der Waals surface area (Å²) in [7, 11) is 3.86. The van der Waals surface area contributed by atoms with Crippen LogP contribution < -0.4 is 9.80 Å². The Bertz CT molecular complexity index is 1710. The lowest BCUT2D eigenvalue weighted by Gasteiger charge is -2.24. The number of carbonyl (C=O) groups excluding carboxylic acids is 2. The molecule has 40 heavy (non-hydrogen) atoms. The van der Waals surface area contributed by atoms with Crippen LogP contribution in [0, 0.1) is 0 Å². The predicted octanol–water partition coefficient (Wildman–Crippen LogP) is 6.43. The van der Waals surface area contributed by atoms with Crippen molar-refractivity contribution in [2.24, 2.45) is 0 Å². The Labute approximate surface area is 238 Å². The number of rotatable bonds is 8. The molecule has 0 radical (unpaired) electrons. The van der Waals surface area contributed by atoms with Gasteiger partial charge in [0.1, 0.15) is 5.58 Å². The Morgan fingerprint density at radius 3 is 2.48 bits per heavy atom. The Morgan fingerprint density at radius 2 is 1.75 bits per heavy atom. The molecule has 1 N–H and O–H groups in total. The number of aliphatic hydroxyl groups is 1. The topological polar surface area (TPSA) is 99.8 Å². The maximum Gasteiger partial charge on any atom is 0.296 e. The molecule has 0 fully saturated rings. The Hall–Kier alpha value is -4.41. The van der Waals surface area contributed by atoms with Crippen molar-refractivity contribution in [3.63, 3.8) is 0 Å². The van der Waals surface area contributed by atoms with Crippen LogP contribution in [-0.4, -0.2) is 41.1 Å². The van der Waals surface area contributed by atoms with Crippen LogP contribution in [0.4, 0.5) is 10.8 Å². The van der Waals surface area contributed by atoms with Gasteiger partial charge in [-0.15, -0.1) is 10.2 Å². The lowest BCUT2D eigenvalue weighted by molar-refractivity contribution is -0.117. The molecule has 10 heteroatoms. The highest BCUT2D eigenvalue weighted by molar-refractivity contribution is 8.00. The first kappa shape index (κ1) is 25.8. The molecule has 1 amide bonds. The minimum Gasteiger partial charge on any atom is -0.503 e. The van der Waals surface area contributed by atoms with Crippen molar-refractivity contribution in [1.82, 2.24) is 10.2 Å². The van der Waals surface area contributed by atoms with E-state index in [1.54, 1.807) is 12.1 Å². The van der Waals surface area contributed by atoms with Crippen molar-refractivity contribution < 1.29 is 19.1 Å². The van der Waals surface area contributed by atoms with E-state index in [0.717, 1.165) is 16.6 Å². The zero-order valence-corrected chi connectivity index (χ0v) is 23.3. The number of fused-ring (bicyclic) bond motifs is 1. The number of ketones is 1. The van der Waals surface area contributed by atoms with Crippen molar-refractivity contribution in [2.75, 3.05) is 23.9 Å². The fourth-order valence-electron chi connectivity index (χ4n) is 4.61. The van der Waals surface area contributed by atoms with Gasteiger partial charge in [-0.25, -0.2) is 0 Å². The monoisotopic (exact) mass is 568 g/mol. The van der Waals surface area contributed by atoms with Crippen molar-refractivity contribution in [3.8, 4) is 0 Å². The Balaban J connectivity index is 1.38. The van der Waals surface area contributed by atoms with Crippen LogP contribution in [0.15, 0.2) is 105 Å². The molecule has 1 aliphatic heterocycles. The molecule has 200 valence electrons. The van der Waals surface area contributed by atoms with Crippen molar-refractivity contribution in [2.45, 2.75) is 16.1 Å². The van der Waals surface area contributed by atoms with Crippen LogP contribution in [0.5, 0.6) is 0 Å². The van der Waals surface area contributed by atoms with Gasteiger partial charge >= 0.3 is 0 Å². The summed E-state index contributed by atoms with van der Waals surface area (Å²) in [5, 5.41) is 20.7. The first-order valence-electron chi connectivity index (χ1n) is 12.5. The standard InChI is InChI=1S/C30H24N4O4S2/c1-33(2)21-14-12-19(13-15-21)25-24(26(35)23-16-20-10-6-7-11-22(20)38-23)27(36)28(37)34(25)29-31-32-30(40-29)39-17-18-8-4-3-5-9-18/h3-16,25,36H,17H2,1-2H3. The van der Waals surface area contributed by atoms with Gasteiger partial charge in [0.25, 0.3) is 5.91 Å². The average molecular weight is 569 g/mol. The van der Waals surface area contributed by atoms with Gasteiger partial charge in [-0.1, -0.05) is 83.8 Å². The largest absolute Gasteiger partial charge is 0.503 e. The van der Waals surface area contributed by atoms with E-state index in [9.17, 15) is 14.7 Å². The number of furan rings is 1. The van der Waals surface area contributed by atoms with E-state index in [4.69, 9.17) is 4.42 Å². The van der Waals surface area contributed by atoms with E-state index in [1.807, 2.05) is 91.8 Å². The molecule has 0 saturated heterocycles. The first-order chi connectivity index (χ1) is 19.4. The molecule has 6 rings (SSSR count). The second-order valence-electron chi connectivity index (χ2n) is 9.43. The first-order valence-corrected chi connectivity index (χ1v) is 14.3. The predicted molar refractivity (Wildman–Crippen MR) is 157 cm³/mol. The Kier molecular flexibility index (Phi) is 6.87. The van der Waals surface area contributed by atoms with Crippen molar-refractivity contribution in [1.29, 1.82) is 0 Å². The van der Waals surface area contributed by atoms with Gasteiger partial charge in [0.15, 0.2) is 15.9 Å². The van der Waals surface area contributed by atoms with Crippen LogP contribution >= 0.6 is 23.1 Å². The fraction of sp³-hybridized carbons (Fsp3) is 0.133. The highest BCUT2D eigenvalue weighted by Gasteiger charge is 2.46. The van der Waals surface area contributed by atoms with E-state index >= 15 is 0 Å². The number of aromatic nitrogens is 2. The van der Waals surface area contributed by atoms with Gasteiger partial charge in [0.2, 0.25) is 10.9 Å². The second kappa shape index (κ2) is 10.6. The van der Waals surface area contributed by atoms with E-state index in [-0.39, 0.29) is 11.3 Å². The number of hydrogen-bond donors (Lipinski definition) is 1. The van der Waals surface area contributed by atoms with E-state index in [1.165, 1.54) is 28.0 Å². The molecule has 0 bridgehead atoms. The SMILES string of the molecule is CN(C)c1ccc(C2C(C(=O)c3cc4ccccc4o3)=C(O)C(=O)N2c2nnc(SCc3ccccc3)s2)cc1. The third-order valence-electron chi connectivity index (χ3n) is 6.63. The normalized spacial score (nSPS) is 15.3. The summed E-state index contributed by atoms with van der Waals surface area (Å²) in [6.45, 7) is 0. The quantitative estimate of drug-likeness (QED) is 0.130. The molecular formula is C30H24N4O4S2. The number of para-hydroxylation sites is 1. The lowest BCUT2D eigenvalue weighted by Crippen LogP contribution is -2.31. The molecule has 0 spiro atoms. The van der Waals surface area contributed by atoms with Crippen LogP contribution in [0.3, 0.4) is 0 Å².